The van der Waals surface area contributed by atoms with Crippen LogP contribution in [0.1, 0.15) is 129 Å². The van der Waals surface area contributed by atoms with Gasteiger partial charge in [-0.25, -0.2) is 0 Å². The molecule has 0 amide bonds. The van der Waals surface area contributed by atoms with Crippen molar-refractivity contribution >= 4 is 11.9 Å². The summed E-state index contributed by atoms with van der Waals surface area (Å²) in [6.07, 6.45) is 35.6. The maximum Gasteiger partial charge on any atom is 0.306 e. The van der Waals surface area contributed by atoms with E-state index >= 15 is 0 Å². The number of unbranched alkanes of at least 4 members (excludes halogenated alkanes) is 10. The fourth-order valence-corrected chi connectivity index (χ4v) is 5.59. The first-order valence-corrected chi connectivity index (χ1v) is 20.8. The molecule has 56 heavy (non-hydrogen) atoms. The van der Waals surface area contributed by atoms with Crippen molar-refractivity contribution in [3.8, 4) is 0 Å². The molecule has 1 saturated heterocycles. The highest BCUT2D eigenvalue weighted by atomic mass is 16.7. The summed E-state index contributed by atoms with van der Waals surface area (Å²) in [4.78, 5) is 25.3. The number of carbonyl (C=O) groups excluding carboxylic acids is 2. The molecule has 1 aliphatic rings. The zero-order valence-electron chi connectivity index (χ0n) is 34.0. The Balaban J connectivity index is 2.40. The maximum atomic E-state index is 12.7. The summed E-state index contributed by atoms with van der Waals surface area (Å²) >= 11 is 0. The van der Waals surface area contributed by atoms with E-state index in [1.54, 1.807) is 12.5 Å². The van der Waals surface area contributed by atoms with E-state index in [0.29, 0.717) is 12.8 Å². The lowest BCUT2D eigenvalue weighted by Crippen LogP contribution is -2.59. The van der Waals surface area contributed by atoms with Crippen molar-refractivity contribution in [1.29, 1.82) is 0 Å². The van der Waals surface area contributed by atoms with Crippen LogP contribution in [0.25, 0.3) is 0 Å². The molecule has 0 aliphatic carbocycles. The van der Waals surface area contributed by atoms with Crippen LogP contribution in [-0.4, -0.2) is 89.0 Å². The SMILES string of the molecule is CC/C=C\C=C/O/C=C/C=C\CCCCCCCC(=O)OC(COC(=O)CCCCCCC/C=C\C/C=C\C/C=C\CC)CO[C@@H]1O[C@H](CO)[C@H](O)[C@H](O)[C@H]1O. The maximum absolute atomic E-state index is 12.7. The molecule has 11 nitrogen and oxygen atoms in total. The average Bonchev–Trinajstić information content (AvgIpc) is 3.19. The quantitative estimate of drug-likeness (QED) is 0.0167. The van der Waals surface area contributed by atoms with Gasteiger partial charge < -0.3 is 44.1 Å². The fourth-order valence-electron chi connectivity index (χ4n) is 5.59. The second-order valence-electron chi connectivity index (χ2n) is 13.8. The van der Waals surface area contributed by atoms with Gasteiger partial charge in [-0.1, -0.05) is 113 Å². The monoisotopic (exact) mass is 789 g/mol. The van der Waals surface area contributed by atoms with Crippen LogP contribution in [0, 0.1) is 0 Å². The molecule has 0 aromatic heterocycles. The lowest BCUT2D eigenvalue weighted by atomic mass is 9.99. The predicted molar refractivity (Wildman–Crippen MR) is 220 cm³/mol. The molecule has 1 aliphatic heterocycles. The predicted octanol–water partition coefficient (Wildman–Crippen LogP) is 8.14. The van der Waals surface area contributed by atoms with E-state index in [2.05, 4.69) is 56.4 Å². The summed E-state index contributed by atoms with van der Waals surface area (Å²) in [5.74, 6) is -0.880. The van der Waals surface area contributed by atoms with Gasteiger partial charge in [0.1, 0.15) is 31.0 Å². The summed E-state index contributed by atoms with van der Waals surface area (Å²) < 4.78 is 27.3. The van der Waals surface area contributed by atoms with Crippen molar-refractivity contribution in [2.24, 2.45) is 0 Å². The number of hydrogen-bond donors (Lipinski definition) is 4. The summed E-state index contributed by atoms with van der Waals surface area (Å²) in [6, 6.07) is 0. The number of hydrogen-bond acceptors (Lipinski definition) is 11. The lowest BCUT2D eigenvalue weighted by molar-refractivity contribution is -0.305. The zero-order valence-corrected chi connectivity index (χ0v) is 34.0. The first-order valence-electron chi connectivity index (χ1n) is 20.8. The van der Waals surface area contributed by atoms with Crippen LogP contribution in [0.2, 0.25) is 0 Å². The number of carbonyl (C=O) groups is 2. The molecule has 0 saturated carbocycles. The summed E-state index contributed by atoms with van der Waals surface area (Å²) in [5, 5.41) is 40.0. The van der Waals surface area contributed by atoms with Gasteiger partial charge >= 0.3 is 11.9 Å². The average molecular weight is 789 g/mol. The highest BCUT2D eigenvalue weighted by Gasteiger charge is 2.44. The van der Waals surface area contributed by atoms with Gasteiger partial charge in [0.25, 0.3) is 0 Å². The molecule has 4 N–H and O–H groups in total. The van der Waals surface area contributed by atoms with Crippen LogP contribution in [0.4, 0.5) is 0 Å². The lowest BCUT2D eigenvalue weighted by Gasteiger charge is -2.39. The number of rotatable bonds is 33. The minimum absolute atomic E-state index is 0.182. The van der Waals surface area contributed by atoms with E-state index in [1.807, 2.05) is 30.4 Å². The topological polar surface area (TPSA) is 161 Å². The number of aliphatic hydroxyl groups excluding tert-OH is 4. The van der Waals surface area contributed by atoms with Gasteiger partial charge in [0.15, 0.2) is 12.4 Å². The van der Waals surface area contributed by atoms with E-state index in [4.69, 9.17) is 23.7 Å². The Morgan fingerprint density at radius 1 is 0.607 bits per heavy atom. The van der Waals surface area contributed by atoms with Gasteiger partial charge in [0.2, 0.25) is 0 Å². The van der Waals surface area contributed by atoms with E-state index in [1.165, 1.54) is 0 Å². The molecule has 318 valence electrons. The third-order valence-corrected chi connectivity index (χ3v) is 8.85. The van der Waals surface area contributed by atoms with Crippen molar-refractivity contribution in [1.82, 2.24) is 0 Å². The molecular formula is C45H72O11. The molecule has 1 rings (SSSR count). The Hall–Kier alpha value is -3.32. The highest BCUT2D eigenvalue weighted by molar-refractivity contribution is 5.70. The molecule has 1 heterocycles. The molecule has 0 bridgehead atoms. The van der Waals surface area contributed by atoms with Crippen LogP contribution in [0.15, 0.2) is 85.4 Å². The van der Waals surface area contributed by atoms with E-state index < -0.39 is 55.4 Å². The zero-order chi connectivity index (χ0) is 40.9. The first kappa shape index (κ1) is 50.7. The standard InChI is InChI=1S/C45H72O11/c1-3-5-7-9-10-11-12-13-14-15-16-18-21-24-27-31-40(47)53-36-38(37-54-45-44(51)43(50)42(49)39(35-46)56-45)55-41(48)32-28-25-22-19-17-20-23-26-30-34-52-33-29-8-6-4-2/h5-8,10-11,13-14,23,26,29-30,33-34,38-39,42-46,49-51H,3-4,9,12,15-22,24-25,27-28,31-32,35-37H2,1-2H3/b7-5-,8-6-,11-10-,14-13-,26-23-,33-29-,34-30+/t38?,39-,42+,43+,44-,45-/m1/s1. The number of ether oxygens (including phenoxy) is 5. The molecule has 0 aromatic carbocycles. The van der Waals surface area contributed by atoms with Gasteiger partial charge in [-0.05, 0) is 76.4 Å². The normalized spacial score (nSPS) is 21.2. The van der Waals surface area contributed by atoms with Crippen LogP contribution < -0.4 is 0 Å². The van der Waals surface area contributed by atoms with Gasteiger partial charge in [-0.2, -0.15) is 0 Å². The van der Waals surface area contributed by atoms with E-state index in [-0.39, 0.29) is 26.1 Å². The van der Waals surface area contributed by atoms with Crippen molar-refractivity contribution in [2.75, 3.05) is 19.8 Å². The van der Waals surface area contributed by atoms with Gasteiger partial charge in [-0.3, -0.25) is 9.59 Å². The van der Waals surface area contributed by atoms with Gasteiger partial charge in [0.05, 0.1) is 25.7 Å². The molecule has 0 radical (unpaired) electrons. The third kappa shape index (κ3) is 27.3. The Morgan fingerprint density at radius 3 is 1.80 bits per heavy atom. The van der Waals surface area contributed by atoms with Crippen LogP contribution in [0.5, 0.6) is 0 Å². The molecular weight excluding hydrogens is 716 g/mol. The largest absolute Gasteiger partial charge is 0.473 e. The number of aliphatic hydroxyl groups is 4. The summed E-state index contributed by atoms with van der Waals surface area (Å²) in [5.41, 5.74) is 0. The third-order valence-electron chi connectivity index (χ3n) is 8.85. The number of esters is 2. The second-order valence-corrected chi connectivity index (χ2v) is 13.8. The highest BCUT2D eigenvalue weighted by Crippen LogP contribution is 2.22. The second kappa shape index (κ2) is 36.0. The molecule has 6 atom stereocenters. The summed E-state index contributed by atoms with van der Waals surface area (Å²) in [7, 11) is 0. The van der Waals surface area contributed by atoms with Gasteiger partial charge in [0, 0.05) is 12.8 Å². The summed E-state index contributed by atoms with van der Waals surface area (Å²) in [6.45, 7) is 3.05. The number of allylic oxidation sites excluding steroid dienone is 12. The molecule has 1 unspecified atom stereocenters. The molecule has 0 aromatic rings. The van der Waals surface area contributed by atoms with Crippen molar-refractivity contribution in [2.45, 2.75) is 166 Å². The van der Waals surface area contributed by atoms with Crippen molar-refractivity contribution in [3.05, 3.63) is 85.4 Å². The molecule has 11 heteroatoms. The van der Waals surface area contributed by atoms with Crippen molar-refractivity contribution < 1.29 is 53.7 Å². The van der Waals surface area contributed by atoms with E-state index in [0.717, 1.165) is 89.9 Å². The van der Waals surface area contributed by atoms with E-state index in [9.17, 15) is 30.0 Å². The van der Waals surface area contributed by atoms with Gasteiger partial charge in [-0.15, -0.1) is 0 Å². The minimum Gasteiger partial charge on any atom is -0.473 e. The molecule has 1 fully saturated rings. The minimum atomic E-state index is -1.61. The first-order chi connectivity index (χ1) is 27.3. The molecule has 0 spiro atoms. The smallest absolute Gasteiger partial charge is 0.306 e. The fraction of sp³-hybridized carbons (Fsp3) is 0.644. The van der Waals surface area contributed by atoms with Crippen LogP contribution >= 0.6 is 0 Å². The van der Waals surface area contributed by atoms with Crippen molar-refractivity contribution in [3.63, 3.8) is 0 Å². The van der Waals surface area contributed by atoms with Crippen LogP contribution in [-0.2, 0) is 33.3 Å². The Kier molecular flexibility index (Phi) is 32.6. The Morgan fingerprint density at radius 2 is 1.16 bits per heavy atom. The Bertz CT molecular complexity index is 1190. The van der Waals surface area contributed by atoms with Crippen LogP contribution in [0.3, 0.4) is 0 Å². The Labute approximate surface area is 336 Å².